The molecule has 0 spiro atoms. The van der Waals surface area contributed by atoms with Crippen LogP contribution in [0.15, 0.2) is 41.6 Å². The quantitative estimate of drug-likeness (QED) is 0.690. The monoisotopic (exact) mass is 362 g/mol. The van der Waals surface area contributed by atoms with Crippen LogP contribution in [0, 0.1) is 18.8 Å². The van der Waals surface area contributed by atoms with Crippen LogP contribution in [-0.4, -0.2) is 45.7 Å². The van der Waals surface area contributed by atoms with Crippen LogP contribution in [0.4, 0.5) is 11.8 Å². The third-order valence-corrected chi connectivity index (χ3v) is 5.90. The van der Waals surface area contributed by atoms with Gasteiger partial charge in [0, 0.05) is 56.8 Å². The number of hydrogen-bond donors (Lipinski definition) is 0. The smallest absolute Gasteiger partial charge is 0.262 e. The average Bonchev–Trinajstić information content (AvgIpc) is 3.24. The molecule has 27 heavy (non-hydrogen) atoms. The van der Waals surface area contributed by atoms with Crippen molar-refractivity contribution >= 4 is 22.7 Å². The van der Waals surface area contributed by atoms with Gasteiger partial charge in [0.1, 0.15) is 12.1 Å². The number of anilines is 2. The molecule has 0 saturated carbocycles. The maximum absolute atomic E-state index is 12.7. The van der Waals surface area contributed by atoms with Crippen molar-refractivity contribution in [2.75, 3.05) is 36.0 Å². The molecule has 1 aromatic carbocycles. The second-order valence-corrected chi connectivity index (χ2v) is 7.65. The zero-order valence-corrected chi connectivity index (χ0v) is 15.5. The summed E-state index contributed by atoms with van der Waals surface area (Å²) < 4.78 is 1.69. The molecule has 138 valence electrons. The van der Waals surface area contributed by atoms with Crippen molar-refractivity contribution in [1.29, 1.82) is 0 Å². The van der Waals surface area contributed by atoms with Gasteiger partial charge in [0.15, 0.2) is 0 Å². The molecular formula is C20H22N6O. The lowest BCUT2D eigenvalue weighted by atomic mass is 10.0. The van der Waals surface area contributed by atoms with Crippen LogP contribution >= 0.6 is 0 Å². The molecule has 0 radical (unpaired) electrons. The molecule has 4 heterocycles. The van der Waals surface area contributed by atoms with Crippen LogP contribution in [0.25, 0.3) is 10.9 Å². The predicted octanol–water partition coefficient (Wildman–Crippen LogP) is 1.60. The van der Waals surface area contributed by atoms with Gasteiger partial charge in [-0.25, -0.2) is 15.0 Å². The third kappa shape index (κ3) is 2.57. The lowest BCUT2D eigenvalue weighted by Gasteiger charge is -2.25. The number of benzene rings is 1. The molecule has 7 nitrogen and oxygen atoms in total. The van der Waals surface area contributed by atoms with E-state index in [-0.39, 0.29) is 5.56 Å². The number of aromatic nitrogens is 4. The van der Waals surface area contributed by atoms with Crippen molar-refractivity contribution < 1.29 is 0 Å². The maximum atomic E-state index is 12.7. The minimum absolute atomic E-state index is 0.0193. The first-order chi connectivity index (χ1) is 13.1. The van der Waals surface area contributed by atoms with Gasteiger partial charge in [0.2, 0.25) is 5.95 Å². The Kier molecular flexibility index (Phi) is 3.63. The summed E-state index contributed by atoms with van der Waals surface area (Å²) in [5.41, 5.74) is 1.91. The number of para-hydroxylation sites is 1. The third-order valence-electron chi connectivity index (χ3n) is 5.90. The number of nitrogens with zero attached hydrogens (tertiary/aromatic N) is 6. The molecule has 0 aliphatic carbocycles. The summed E-state index contributed by atoms with van der Waals surface area (Å²) in [6.07, 6.45) is 3.50. The minimum Gasteiger partial charge on any atom is -0.356 e. The van der Waals surface area contributed by atoms with E-state index >= 15 is 0 Å². The van der Waals surface area contributed by atoms with E-state index in [2.05, 4.69) is 26.7 Å². The average molecular weight is 362 g/mol. The highest BCUT2D eigenvalue weighted by Crippen LogP contribution is 2.35. The Balaban J connectivity index is 1.41. The molecule has 5 rings (SSSR count). The summed E-state index contributed by atoms with van der Waals surface area (Å²) in [6.45, 7) is 5.87. The predicted molar refractivity (Wildman–Crippen MR) is 105 cm³/mol. The molecule has 2 unspecified atom stereocenters. The number of fused-ring (bicyclic) bond motifs is 2. The molecule has 0 N–H and O–H groups in total. The Morgan fingerprint density at radius 3 is 2.48 bits per heavy atom. The van der Waals surface area contributed by atoms with Crippen LogP contribution in [0.2, 0.25) is 0 Å². The molecule has 0 bridgehead atoms. The molecule has 2 saturated heterocycles. The summed E-state index contributed by atoms with van der Waals surface area (Å²) in [4.78, 5) is 30.7. The lowest BCUT2D eigenvalue weighted by molar-refractivity contribution is 0.533. The number of rotatable bonds is 2. The maximum Gasteiger partial charge on any atom is 0.262 e. The molecule has 7 heteroatoms. The second-order valence-electron chi connectivity index (χ2n) is 7.65. The van der Waals surface area contributed by atoms with E-state index in [9.17, 15) is 4.79 Å². The first kappa shape index (κ1) is 16.2. The Morgan fingerprint density at radius 2 is 1.74 bits per heavy atom. The van der Waals surface area contributed by atoms with Crippen molar-refractivity contribution in [1.82, 2.24) is 19.5 Å². The van der Waals surface area contributed by atoms with E-state index in [1.165, 1.54) is 0 Å². The summed E-state index contributed by atoms with van der Waals surface area (Å²) in [7, 11) is 1.82. The largest absolute Gasteiger partial charge is 0.356 e. The zero-order chi connectivity index (χ0) is 18.5. The summed E-state index contributed by atoms with van der Waals surface area (Å²) >= 11 is 0. The summed E-state index contributed by atoms with van der Waals surface area (Å²) in [6, 6.07) is 7.57. The molecule has 0 amide bonds. The highest BCUT2D eigenvalue weighted by atomic mass is 16.1. The summed E-state index contributed by atoms with van der Waals surface area (Å²) in [5.74, 6) is 2.94. The van der Waals surface area contributed by atoms with Gasteiger partial charge >= 0.3 is 0 Å². The van der Waals surface area contributed by atoms with Crippen molar-refractivity contribution in [3.63, 3.8) is 0 Å². The number of hydrogen-bond acceptors (Lipinski definition) is 6. The van der Waals surface area contributed by atoms with Crippen LogP contribution in [0.5, 0.6) is 0 Å². The van der Waals surface area contributed by atoms with Gasteiger partial charge in [-0.15, -0.1) is 0 Å². The van der Waals surface area contributed by atoms with E-state index in [4.69, 9.17) is 4.98 Å². The van der Waals surface area contributed by atoms with Crippen LogP contribution in [0.1, 0.15) is 5.56 Å². The Hall–Kier alpha value is -2.96. The zero-order valence-electron chi connectivity index (χ0n) is 15.5. The molecule has 2 atom stereocenters. The van der Waals surface area contributed by atoms with Crippen LogP contribution in [0.3, 0.4) is 0 Å². The van der Waals surface area contributed by atoms with Gasteiger partial charge < -0.3 is 9.80 Å². The van der Waals surface area contributed by atoms with Gasteiger partial charge in [-0.2, -0.15) is 0 Å². The van der Waals surface area contributed by atoms with Crippen LogP contribution < -0.4 is 15.4 Å². The van der Waals surface area contributed by atoms with Crippen molar-refractivity contribution in [3.05, 3.63) is 52.7 Å². The normalized spacial score (nSPS) is 21.9. The van der Waals surface area contributed by atoms with Crippen molar-refractivity contribution in [3.8, 4) is 0 Å². The second kappa shape index (κ2) is 6.04. The molecule has 2 fully saturated rings. The fourth-order valence-corrected chi connectivity index (χ4v) is 4.54. The number of aryl methyl sites for hydroxylation is 1. The SMILES string of the molecule is Cc1cncnc1N1CC2CN(c3nc4ccccc4c(=O)n3C)CC2C1. The molecule has 2 aliphatic heterocycles. The Morgan fingerprint density at radius 1 is 1.04 bits per heavy atom. The van der Waals surface area contributed by atoms with E-state index in [1.807, 2.05) is 37.5 Å². The van der Waals surface area contributed by atoms with Gasteiger partial charge in [-0.05, 0) is 19.1 Å². The van der Waals surface area contributed by atoms with E-state index in [0.717, 1.165) is 49.0 Å². The Labute approximate surface area is 157 Å². The van der Waals surface area contributed by atoms with E-state index in [1.54, 1.807) is 10.9 Å². The standard InChI is InChI=1S/C20H22N6O/c1-13-7-21-12-22-18(13)25-8-14-10-26(11-15(14)9-25)20-23-17-6-4-3-5-16(17)19(27)24(20)2/h3-7,12,14-15H,8-11H2,1-2H3. The highest BCUT2D eigenvalue weighted by Gasteiger charge is 2.41. The highest BCUT2D eigenvalue weighted by molar-refractivity contribution is 5.78. The van der Waals surface area contributed by atoms with Crippen LogP contribution in [-0.2, 0) is 7.05 Å². The molecule has 2 aromatic heterocycles. The summed E-state index contributed by atoms with van der Waals surface area (Å²) in [5, 5.41) is 0.675. The van der Waals surface area contributed by atoms with Gasteiger partial charge in [0.25, 0.3) is 5.56 Å². The van der Waals surface area contributed by atoms with Gasteiger partial charge in [0.05, 0.1) is 10.9 Å². The van der Waals surface area contributed by atoms with E-state index in [0.29, 0.717) is 17.2 Å². The van der Waals surface area contributed by atoms with Gasteiger partial charge in [-0.1, -0.05) is 12.1 Å². The molecular weight excluding hydrogens is 340 g/mol. The fraction of sp³-hybridized carbons (Fsp3) is 0.400. The topological polar surface area (TPSA) is 67.2 Å². The first-order valence-corrected chi connectivity index (χ1v) is 9.34. The van der Waals surface area contributed by atoms with E-state index < -0.39 is 0 Å². The first-order valence-electron chi connectivity index (χ1n) is 9.34. The van der Waals surface area contributed by atoms with Crippen molar-refractivity contribution in [2.24, 2.45) is 18.9 Å². The Bertz CT molecular complexity index is 1060. The molecule has 3 aromatic rings. The van der Waals surface area contributed by atoms with Gasteiger partial charge in [-0.3, -0.25) is 9.36 Å². The lowest BCUT2D eigenvalue weighted by Crippen LogP contribution is -2.34. The van der Waals surface area contributed by atoms with Crippen molar-refractivity contribution in [2.45, 2.75) is 6.92 Å². The minimum atomic E-state index is 0.0193. The fourth-order valence-electron chi connectivity index (χ4n) is 4.54. The molecule has 2 aliphatic rings.